The van der Waals surface area contributed by atoms with Crippen molar-refractivity contribution in [3.63, 3.8) is 0 Å². The standard InChI is InChI=1S/C53H34N4.C41H26N4.C37H24N4/c1-3-15-35(16-4-1)36-27-29-38(30-28-36)51-54-52(45-25-12-9-21-41(45)37-17-5-2-6-18-37)56-53(55-51)46-31-32-49(43-23-11-10-22-42(43)46)57-48-26-14-13-24-44(48)47-33-39-19-7-8-20-40(39)34-50(47)57;1-2-11-28(12-3-1)39-42-40(44-41(43-39)33-19-18-27-10-4-5-13-30(27)24-33)29-20-22-34(23-21-29)45-37-17-9-8-16-35(37)36-25-31-14-6-7-15-32(31)26-38(36)45;1-3-12-26(13-4-1)35-38-36(27-14-5-2-6-15-27)40-37(39-35)28-19-22-29(23-20-28)41-33-18-10-9-17-31(33)32-24-21-25-11-7-8-16-30(25)34(32)41/h1-34H;1-26H;1-24H. The minimum Gasteiger partial charge on any atom is -0.309 e. The molecule has 0 unspecified atom stereocenters. The van der Waals surface area contributed by atoms with E-state index in [1.165, 1.54) is 109 Å². The van der Waals surface area contributed by atoms with Gasteiger partial charge < -0.3 is 13.7 Å². The van der Waals surface area contributed by atoms with Crippen molar-refractivity contribution in [3.05, 3.63) is 510 Å². The Morgan fingerprint density at radius 1 is 0.126 bits per heavy atom. The van der Waals surface area contributed by atoms with Crippen molar-refractivity contribution in [2.45, 2.75) is 0 Å². The maximum atomic E-state index is 5.30. The molecule has 28 aromatic rings. The molecule has 22 aromatic carbocycles. The van der Waals surface area contributed by atoms with Crippen LogP contribution >= 0.6 is 0 Å². The minimum absolute atomic E-state index is 0.625. The van der Waals surface area contributed by atoms with Crippen molar-refractivity contribution in [1.29, 1.82) is 0 Å². The van der Waals surface area contributed by atoms with Crippen molar-refractivity contribution >= 4 is 119 Å². The molecule has 0 aliphatic rings. The first-order valence-corrected chi connectivity index (χ1v) is 48.1. The number of para-hydroxylation sites is 3. The largest absolute Gasteiger partial charge is 0.309 e. The molecule has 0 saturated carbocycles. The molecule has 12 nitrogen and oxygen atoms in total. The third kappa shape index (κ3) is 15.7. The second-order valence-corrected chi connectivity index (χ2v) is 35.9. The van der Waals surface area contributed by atoms with Gasteiger partial charge in [0.05, 0.1) is 38.8 Å². The highest BCUT2D eigenvalue weighted by atomic mass is 15.1. The first kappa shape index (κ1) is 84.1. The van der Waals surface area contributed by atoms with E-state index in [1.54, 1.807) is 0 Å². The van der Waals surface area contributed by atoms with Crippen molar-refractivity contribution in [1.82, 2.24) is 58.6 Å². The van der Waals surface area contributed by atoms with Gasteiger partial charge in [-0.05, 0) is 175 Å². The summed E-state index contributed by atoms with van der Waals surface area (Å²) >= 11 is 0. The zero-order valence-electron chi connectivity index (χ0n) is 77.4. The summed E-state index contributed by atoms with van der Waals surface area (Å²) < 4.78 is 7.14. The van der Waals surface area contributed by atoms with Crippen LogP contribution < -0.4 is 0 Å². The van der Waals surface area contributed by atoms with Crippen molar-refractivity contribution in [2.75, 3.05) is 0 Å². The Bertz CT molecular complexity index is 9700. The summed E-state index contributed by atoms with van der Waals surface area (Å²) in [4.78, 5) is 45.3. The molecule has 0 aliphatic heterocycles. The van der Waals surface area contributed by atoms with Gasteiger partial charge in [0.25, 0.3) is 0 Å². The van der Waals surface area contributed by atoms with E-state index in [-0.39, 0.29) is 0 Å². The van der Waals surface area contributed by atoms with E-state index in [1.807, 2.05) is 103 Å². The fraction of sp³-hybridized carbons (Fsp3) is 0. The van der Waals surface area contributed by atoms with Gasteiger partial charge in [-0.1, -0.05) is 400 Å². The summed E-state index contributed by atoms with van der Waals surface area (Å²) in [5.74, 6) is 5.80. The van der Waals surface area contributed by atoms with Gasteiger partial charge >= 0.3 is 0 Å². The number of aromatic nitrogens is 12. The SMILES string of the molecule is c1ccc(-c2ccc(-c3nc(-c4ccccc4-c4ccccc4)nc(-c4ccc(-n5c6ccccc6c6cc7ccccc7cc65)c5ccccc45)n3)cc2)cc1.c1ccc(-c2nc(-c3ccc(-n4c5ccccc5c5cc6ccccc6cc54)cc3)nc(-c3ccc4ccccc4c3)n2)cc1.c1ccc(-c2nc(-c3ccccc3)nc(-c3ccc(-n4c5ccccc5c5ccc6ccccc6c54)cc3)n2)cc1. The number of benzene rings is 22. The van der Waals surface area contributed by atoms with E-state index in [0.717, 1.165) is 100.0 Å². The zero-order valence-corrected chi connectivity index (χ0v) is 77.4. The lowest BCUT2D eigenvalue weighted by atomic mass is 9.98. The molecule has 28 rings (SSSR count). The van der Waals surface area contributed by atoms with Gasteiger partial charge in [-0.15, -0.1) is 0 Å². The summed E-state index contributed by atoms with van der Waals surface area (Å²) in [5, 5.41) is 19.4. The van der Waals surface area contributed by atoms with Gasteiger partial charge in [-0.3, -0.25) is 0 Å². The second kappa shape index (κ2) is 36.2. The van der Waals surface area contributed by atoms with Crippen LogP contribution in [0.4, 0.5) is 0 Å². The molecular weight excluding hydrogens is 1740 g/mol. The molecule has 0 radical (unpaired) electrons. The number of hydrogen-bond acceptors (Lipinski definition) is 9. The van der Waals surface area contributed by atoms with Crippen LogP contribution in [0.3, 0.4) is 0 Å². The van der Waals surface area contributed by atoms with Gasteiger partial charge in [-0.2, -0.15) is 0 Å². The molecule has 6 heterocycles. The quantitative estimate of drug-likeness (QED) is 0.104. The Hall–Kier alpha value is -19.4. The van der Waals surface area contributed by atoms with Gasteiger partial charge in [0.2, 0.25) is 0 Å². The van der Waals surface area contributed by atoms with E-state index in [9.17, 15) is 0 Å². The smallest absolute Gasteiger partial charge is 0.164 e. The third-order valence-corrected chi connectivity index (χ3v) is 27.3. The molecule has 0 aliphatic carbocycles. The molecule has 0 saturated heterocycles. The second-order valence-electron chi connectivity index (χ2n) is 35.9. The number of fused-ring (bicyclic) bond motifs is 15. The first-order chi connectivity index (χ1) is 70.9. The van der Waals surface area contributed by atoms with E-state index in [4.69, 9.17) is 44.9 Å². The molecule has 6 aromatic heterocycles. The normalized spacial score (nSPS) is 11.5. The van der Waals surface area contributed by atoms with E-state index < -0.39 is 0 Å². The summed E-state index contributed by atoms with van der Waals surface area (Å²) in [7, 11) is 0. The van der Waals surface area contributed by atoms with E-state index in [0.29, 0.717) is 52.4 Å². The van der Waals surface area contributed by atoms with Crippen LogP contribution in [-0.4, -0.2) is 58.6 Å². The molecule has 143 heavy (non-hydrogen) atoms. The highest BCUT2D eigenvalue weighted by Gasteiger charge is 2.25. The molecule has 12 heteroatoms. The number of nitrogens with zero attached hydrogens (tertiary/aromatic N) is 12. The lowest BCUT2D eigenvalue weighted by molar-refractivity contribution is 1.07. The Balaban J connectivity index is 0.000000111. The van der Waals surface area contributed by atoms with Gasteiger partial charge in [-0.25, -0.2) is 44.9 Å². The Labute approximate surface area is 823 Å². The molecule has 0 N–H and O–H groups in total. The van der Waals surface area contributed by atoms with Gasteiger partial charge in [0, 0.05) is 105 Å². The first-order valence-electron chi connectivity index (χ1n) is 48.1. The predicted octanol–water partition coefficient (Wildman–Crippen LogP) is 33.0. The monoisotopic (exact) mass is 1820 g/mol. The van der Waals surface area contributed by atoms with Crippen molar-refractivity contribution < 1.29 is 0 Å². The van der Waals surface area contributed by atoms with Crippen LogP contribution in [0.25, 0.3) is 261 Å². The topological polar surface area (TPSA) is 131 Å². The Morgan fingerprint density at radius 3 is 0.930 bits per heavy atom. The Kier molecular flexibility index (Phi) is 21.3. The summed E-state index contributed by atoms with van der Waals surface area (Å²) in [6.45, 7) is 0. The number of hydrogen-bond donors (Lipinski definition) is 0. The highest BCUT2D eigenvalue weighted by molar-refractivity contribution is 6.20. The lowest BCUT2D eigenvalue weighted by Gasteiger charge is -2.16. The fourth-order valence-corrected chi connectivity index (χ4v) is 20.4. The highest BCUT2D eigenvalue weighted by Crippen LogP contribution is 2.45. The summed E-state index contributed by atoms with van der Waals surface area (Å²) in [6.07, 6.45) is 0. The van der Waals surface area contributed by atoms with Crippen molar-refractivity contribution in [2.24, 2.45) is 0 Å². The van der Waals surface area contributed by atoms with Crippen molar-refractivity contribution in [3.8, 4) is 142 Å². The molecular formula is C131H84N12. The fourth-order valence-electron chi connectivity index (χ4n) is 20.4. The molecule has 0 atom stereocenters. The molecule has 0 amide bonds. The molecule has 0 bridgehead atoms. The maximum absolute atomic E-state index is 5.30. The maximum Gasteiger partial charge on any atom is 0.164 e. The van der Waals surface area contributed by atoms with Crippen LogP contribution in [0.15, 0.2) is 510 Å². The van der Waals surface area contributed by atoms with E-state index in [2.05, 4.69) is 420 Å². The van der Waals surface area contributed by atoms with Crippen LogP contribution in [0.2, 0.25) is 0 Å². The predicted molar refractivity (Wildman–Crippen MR) is 590 cm³/mol. The van der Waals surface area contributed by atoms with Gasteiger partial charge in [0.15, 0.2) is 52.4 Å². The Morgan fingerprint density at radius 2 is 0.427 bits per heavy atom. The van der Waals surface area contributed by atoms with Gasteiger partial charge in [0.1, 0.15) is 0 Å². The van der Waals surface area contributed by atoms with E-state index >= 15 is 0 Å². The van der Waals surface area contributed by atoms with Crippen LogP contribution in [0.5, 0.6) is 0 Å². The molecule has 668 valence electrons. The van der Waals surface area contributed by atoms with Crippen LogP contribution in [-0.2, 0) is 0 Å². The summed E-state index contributed by atoms with van der Waals surface area (Å²) in [6, 6.07) is 178. The molecule has 0 fully saturated rings. The van der Waals surface area contributed by atoms with Crippen LogP contribution in [0.1, 0.15) is 0 Å². The minimum atomic E-state index is 0.625. The number of rotatable bonds is 14. The zero-order chi connectivity index (χ0) is 94.6. The third-order valence-electron chi connectivity index (χ3n) is 27.3. The summed E-state index contributed by atoms with van der Waals surface area (Å²) in [5.41, 5.74) is 23.4. The lowest BCUT2D eigenvalue weighted by Crippen LogP contribution is -2.02. The average Bonchev–Trinajstić information content (AvgIpc) is 1.59. The average molecular weight is 1830 g/mol. The van der Waals surface area contributed by atoms with Crippen LogP contribution in [0, 0.1) is 0 Å². The molecule has 0 spiro atoms.